The zero-order valence-corrected chi connectivity index (χ0v) is 13.7. The van der Waals surface area contributed by atoms with Crippen LogP contribution in [0.3, 0.4) is 0 Å². The summed E-state index contributed by atoms with van der Waals surface area (Å²) in [4.78, 5) is 4.22. The second kappa shape index (κ2) is 8.48. The lowest BCUT2D eigenvalue weighted by Gasteiger charge is -2.12. The van der Waals surface area contributed by atoms with E-state index in [1.807, 2.05) is 19.1 Å². The molecule has 0 aliphatic heterocycles. The quantitative estimate of drug-likeness (QED) is 0.590. The molecule has 2 N–H and O–H groups in total. The van der Waals surface area contributed by atoms with Gasteiger partial charge in [-0.2, -0.15) is 13.2 Å². The Morgan fingerprint density at radius 1 is 1.33 bits per heavy atom. The molecular formula is C13H16BrClF3N3. The predicted octanol–water partition coefficient (Wildman–Crippen LogP) is 4.11. The molecule has 0 aromatic heterocycles. The van der Waals surface area contributed by atoms with Gasteiger partial charge in [0.05, 0.1) is 13.0 Å². The van der Waals surface area contributed by atoms with Gasteiger partial charge in [0.1, 0.15) is 0 Å². The number of aliphatic imine (C=N–C) groups is 1. The number of rotatable bonds is 5. The van der Waals surface area contributed by atoms with Crippen molar-refractivity contribution >= 4 is 33.5 Å². The average molecular weight is 387 g/mol. The number of nitrogens with one attached hydrogen (secondary N) is 2. The Balaban J connectivity index is 2.62. The van der Waals surface area contributed by atoms with Gasteiger partial charge < -0.3 is 10.6 Å². The minimum atomic E-state index is -4.18. The lowest BCUT2D eigenvalue weighted by molar-refractivity contribution is -0.132. The van der Waals surface area contributed by atoms with Crippen molar-refractivity contribution in [1.82, 2.24) is 10.6 Å². The summed E-state index contributed by atoms with van der Waals surface area (Å²) in [5, 5.41) is 6.09. The van der Waals surface area contributed by atoms with E-state index in [4.69, 9.17) is 11.6 Å². The van der Waals surface area contributed by atoms with E-state index in [0.717, 1.165) is 10.0 Å². The monoisotopic (exact) mass is 385 g/mol. The van der Waals surface area contributed by atoms with Crippen LogP contribution in [0.2, 0.25) is 5.02 Å². The molecule has 0 amide bonds. The summed E-state index contributed by atoms with van der Waals surface area (Å²) in [7, 11) is 0. The molecule has 0 radical (unpaired) electrons. The van der Waals surface area contributed by atoms with Crippen molar-refractivity contribution in [3.05, 3.63) is 33.3 Å². The Morgan fingerprint density at radius 3 is 2.62 bits per heavy atom. The van der Waals surface area contributed by atoms with Crippen LogP contribution in [0.4, 0.5) is 13.2 Å². The first-order chi connectivity index (χ1) is 9.81. The van der Waals surface area contributed by atoms with E-state index in [2.05, 4.69) is 31.6 Å². The van der Waals surface area contributed by atoms with Crippen LogP contribution in [0.25, 0.3) is 0 Å². The fraction of sp³-hybridized carbons (Fsp3) is 0.462. The number of halogens is 5. The highest BCUT2D eigenvalue weighted by Crippen LogP contribution is 2.22. The molecule has 8 heteroatoms. The van der Waals surface area contributed by atoms with Gasteiger partial charge in [-0.15, -0.1) is 0 Å². The SMILES string of the molecule is CCNC(=NCc1ccc(Br)cc1Cl)NCCC(F)(F)F. The van der Waals surface area contributed by atoms with E-state index >= 15 is 0 Å². The molecule has 0 heterocycles. The van der Waals surface area contributed by atoms with Gasteiger partial charge in [0.2, 0.25) is 0 Å². The van der Waals surface area contributed by atoms with Crippen LogP contribution < -0.4 is 10.6 Å². The number of hydrogen-bond acceptors (Lipinski definition) is 1. The number of benzene rings is 1. The van der Waals surface area contributed by atoms with Gasteiger partial charge in [-0.1, -0.05) is 33.6 Å². The van der Waals surface area contributed by atoms with Crippen LogP contribution in [0.15, 0.2) is 27.7 Å². The first-order valence-corrected chi connectivity index (χ1v) is 7.52. The number of guanidine groups is 1. The zero-order valence-electron chi connectivity index (χ0n) is 11.4. The molecule has 1 aromatic carbocycles. The van der Waals surface area contributed by atoms with Gasteiger partial charge in [0, 0.05) is 22.6 Å². The summed E-state index contributed by atoms with van der Waals surface area (Å²) in [6, 6.07) is 5.40. The maximum absolute atomic E-state index is 12.1. The third kappa shape index (κ3) is 7.57. The van der Waals surface area contributed by atoms with Gasteiger partial charge in [0.15, 0.2) is 5.96 Å². The highest BCUT2D eigenvalue weighted by atomic mass is 79.9. The van der Waals surface area contributed by atoms with Crippen molar-refractivity contribution in [3.63, 3.8) is 0 Å². The maximum atomic E-state index is 12.1. The van der Waals surface area contributed by atoms with Crippen molar-refractivity contribution in [3.8, 4) is 0 Å². The molecule has 21 heavy (non-hydrogen) atoms. The lowest BCUT2D eigenvalue weighted by atomic mass is 10.2. The van der Waals surface area contributed by atoms with Crippen molar-refractivity contribution < 1.29 is 13.2 Å². The van der Waals surface area contributed by atoms with Crippen molar-refractivity contribution in [2.75, 3.05) is 13.1 Å². The largest absolute Gasteiger partial charge is 0.390 e. The standard InChI is InChI=1S/C13H16BrClF3N3/c1-2-19-12(20-6-5-13(16,17)18)21-8-9-3-4-10(14)7-11(9)15/h3-4,7H,2,5-6,8H2,1H3,(H2,19,20,21). The van der Waals surface area contributed by atoms with Gasteiger partial charge in [-0.3, -0.25) is 0 Å². The first kappa shape index (κ1) is 18.1. The van der Waals surface area contributed by atoms with Crippen LogP contribution in [0.5, 0.6) is 0 Å². The summed E-state index contributed by atoms with van der Waals surface area (Å²) in [5.74, 6) is 0.334. The number of hydrogen-bond donors (Lipinski definition) is 2. The van der Waals surface area contributed by atoms with Crippen molar-refractivity contribution in [2.45, 2.75) is 26.1 Å². The topological polar surface area (TPSA) is 36.4 Å². The lowest BCUT2D eigenvalue weighted by Crippen LogP contribution is -2.38. The Hall–Kier alpha value is -0.950. The van der Waals surface area contributed by atoms with Gasteiger partial charge >= 0.3 is 6.18 Å². The smallest absolute Gasteiger partial charge is 0.357 e. The third-order valence-corrected chi connectivity index (χ3v) is 3.31. The second-order valence-corrected chi connectivity index (χ2v) is 5.55. The van der Waals surface area contributed by atoms with Gasteiger partial charge in [-0.05, 0) is 24.6 Å². The fourth-order valence-corrected chi connectivity index (χ4v) is 2.21. The predicted molar refractivity (Wildman–Crippen MR) is 82.6 cm³/mol. The molecule has 0 saturated carbocycles. The number of alkyl halides is 3. The molecule has 1 rings (SSSR count). The maximum Gasteiger partial charge on any atom is 0.390 e. The highest BCUT2D eigenvalue weighted by molar-refractivity contribution is 9.10. The molecule has 0 unspecified atom stereocenters. The molecule has 118 valence electrons. The van der Waals surface area contributed by atoms with Crippen LogP contribution in [0, 0.1) is 0 Å². The molecule has 0 spiro atoms. The molecule has 0 saturated heterocycles. The minimum absolute atomic E-state index is 0.219. The summed E-state index contributed by atoms with van der Waals surface area (Å²) < 4.78 is 37.2. The van der Waals surface area contributed by atoms with E-state index in [1.165, 1.54) is 0 Å². The third-order valence-electron chi connectivity index (χ3n) is 2.47. The molecule has 0 aliphatic carbocycles. The summed E-state index contributed by atoms with van der Waals surface area (Å²) >= 11 is 9.37. The first-order valence-electron chi connectivity index (χ1n) is 6.34. The van der Waals surface area contributed by atoms with E-state index < -0.39 is 12.6 Å². The fourth-order valence-electron chi connectivity index (χ4n) is 1.48. The Morgan fingerprint density at radius 2 is 2.05 bits per heavy atom. The van der Waals surface area contributed by atoms with Crippen molar-refractivity contribution in [1.29, 1.82) is 0 Å². The highest BCUT2D eigenvalue weighted by Gasteiger charge is 2.26. The Bertz CT molecular complexity index is 492. The molecule has 0 bridgehead atoms. The van der Waals surface area contributed by atoms with Crippen LogP contribution >= 0.6 is 27.5 Å². The zero-order chi connectivity index (χ0) is 15.9. The summed E-state index contributed by atoms with van der Waals surface area (Å²) in [6.45, 7) is 2.47. The van der Waals surface area contributed by atoms with Crippen LogP contribution in [-0.2, 0) is 6.54 Å². The normalized spacial score (nSPS) is 12.4. The summed E-state index contributed by atoms with van der Waals surface area (Å²) in [6.07, 6.45) is -5.09. The van der Waals surface area contributed by atoms with E-state index in [9.17, 15) is 13.2 Å². The second-order valence-electron chi connectivity index (χ2n) is 4.22. The molecular weight excluding hydrogens is 371 g/mol. The molecule has 0 fully saturated rings. The van der Waals surface area contributed by atoms with Crippen LogP contribution in [-0.4, -0.2) is 25.2 Å². The van der Waals surface area contributed by atoms with E-state index in [-0.39, 0.29) is 13.1 Å². The molecule has 0 aliphatic rings. The Labute approximate surface area is 135 Å². The minimum Gasteiger partial charge on any atom is -0.357 e. The number of nitrogens with zero attached hydrogens (tertiary/aromatic N) is 1. The van der Waals surface area contributed by atoms with Gasteiger partial charge in [0.25, 0.3) is 0 Å². The average Bonchev–Trinajstić information content (AvgIpc) is 2.36. The van der Waals surface area contributed by atoms with Crippen LogP contribution in [0.1, 0.15) is 18.9 Å². The van der Waals surface area contributed by atoms with Gasteiger partial charge in [-0.25, -0.2) is 4.99 Å². The molecule has 3 nitrogen and oxygen atoms in total. The van der Waals surface area contributed by atoms with E-state index in [1.54, 1.807) is 6.07 Å². The Kier molecular flexibility index (Phi) is 7.31. The van der Waals surface area contributed by atoms with E-state index in [0.29, 0.717) is 17.5 Å². The van der Waals surface area contributed by atoms with Crippen molar-refractivity contribution in [2.24, 2.45) is 4.99 Å². The molecule has 1 aromatic rings. The molecule has 0 atom stereocenters. The summed E-state index contributed by atoms with van der Waals surface area (Å²) in [5.41, 5.74) is 0.799.